The van der Waals surface area contributed by atoms with Crippen LogP contribution in [-0.2, 0) is 0 Å². The molecule has 1 atom stereocenters. The van der Waals surface area contributed by atoms with Gasteiger partial charge in [-0.3, -0.25) is 4.79 Å². The maximum atomic E-state index is 12.1. The Kier molecular flexibility index (Phi) is 4.08. The summed E-state index contributed by atoms with van der Waals surface area (Å²) < 4.78 is 0. The number of likely N-dealkylation sites (tertiary alicyclic amines) is 1. The smallest absolute Gasteiger partial charge is 0.263 e. The number of carbonyl (C=O) groups is 1. The van der Waals surface area contributed by atoms with Crippen LogP contribution in [0.4, 0.5) is 10.7 Å². The third-order valence-electron chi connectivity index (χ3n) is 4.24. The van der Waals surface area contributed by atoms with E-state index in [1.54, 1.807) is 0 Å². The van der Waals surface area contributed by atoms with Crippen molar-refractivity contribution in [1.29, 1.82) is 0 Å². The molecule has 0 aromatic carbocycles. The number of thiophene rings is 1. The van der Waals surface area contributed by atoms with Crippen molar-refractivity contribution in [1.82, 2.24) is 10.2 Å². The van der Waals surface area contributed by atoms with E-state index in [0.29, 0.717) is 29.1 Å². The van der Waals surface area contributed by atoms with Crippen molar-refractivity contribution >= 4 is 27.9 Å². The highest BCUT2D eigenvalue weighted by molar-refractivity contribution is 7.18. The van der Waals surface area contributed by atoms with Crippen LogP contribution >= 0.6 is 11.3 Å². The maximum absolute atomic E-state index is 12.1. The molecule has 1 unspecified atom stereocenters. The lowest BCUT2D eigenvalue weighted by Gasteiger charge is -2.14. The molecule has 3 rings (SSSR count). The summed E-state index contributed by atoms with van der Waals surface area (Å²) in [5.41, 5.74) is 8.16. The van der Waals surface area contributed by atoms with Crippen LogP contribution < -0.4 is 16.4 Å². The lowest BCUT2D eigenvalue weighted by molar-refractivity contribution is 0.0960. The summed E-state index contributed by atoms with van der Waals surface area (Å²) in [6.07, 6.45) is 3.53. The zero-order chi connectivity index (χ0) is 15.0. The minimum absolute atomic E-state index is 0.0431. The number of nitrogen functional groups attached to an aromatic ring is 1. The molecule has 1 aromatic heterocycles. The molecule has 4 N–H and O–H groups in total. The quantitative estimate of drug-likeness (QED) is 0.779. The molecular formula is C15H24N4OS. The predicted molar refractivity (Wildman–Crippen MR) is 88.2 cm³/mol. The molecule has 1 saturated carbocycles. The van der Waals surface area contributed by atoms with Crippen LogP contribution in [0.3, 0.4) is 0 Å². The number of rotatable bonds is 5. The number of hydrogen-bond acceptors (Lipinski definition) is 5. The Bertz CT molecular complexity index is 538. The first kappa shape index (κ1) is 14.7. The number of hydrogen-bond donors (Lipinski definition) is 3. The van der Waals surface area contributed by atoms with Gasteiger partial charge < -0.3 is 21.3 Å². The van der Waals surface area contributed by atoms with E-state index in [4.69, 9.17) is 5.73 Å². The Morgan fingerprint density at radius 1 is 1.43 bits per heavy atom. The highest BCUT2D eigenvalue weighted by Crippen LogP contribution is 2.51. The van der Waals surface area contributed by atoms with Gasteiger partial charge in [-0.1, -0.05) is 0 Å². The van der Waals surface area contributed by atoms with Crippen molar-refractivity contribution < 1.29 is 4.79 Å². The van der Waals surface area contributed by atoms with E-state index in [-0.39, 0.29) is 5.91 Å². The lowest BCUT2D eigenvalue weighted by atomic mass is 10.1. The Labute approximate surface area is 129 Å². The lowest BCUT2D eigenvalue weighted by Crippen LogP contribution is -2.23. The second-order valence-electron chi connectivity index (χ2n) is 6.11. The fourth-order valence-corrected chi connectivity index (χ4v) is 4.19. The van der Waals surface area contributed by atoms with Gasteiger partial charge in [0.05, 0.1) is 10.7 Å². The van der Waals surface area contributed by atoms with Gasteiger partial charge in [-0.2, -0.15) is 0 Å². The Morgan fingerprint density at radius 3 is 2.76 bits per heavy atom. The van der Waals surface area contributed by atoms with E-state index in [1.165, 1.54) is 29.7 Å². The van der Waals surface area contributed by atoms with Gasteiger partial charge in [0.15, 0.2) is 0 Å². The molecule has 1 aromatic rings. The number of nitrogens with zero attached hydrogens (tertiary/aromatic N) is 1. The monoisotopic (exact) mass is 308 g/mol. The first-order chi connectivity index (χ1) is 10.1. The maximum Gasteiger partial charge on any atom is 0.263 e. The molecule has 0 spiro atoms. The molecule has 1 aliphatic carbocycles. The van der Waals surface area contributed by atoms with Crippen molar-refractivity contribution in [2.45, 2.75) is 38.1 Å². The van der Waals surface area contributed by atoms with Gasteiger partial charge in [0.25, 0.3) is 5.91 Å². The van der Waals surface area contributed by atoms with E-state index in [9.17, 15) is 4.79 Å². The minimum atomic E-state index is -0.0431. The SMILES string of the molecule is CCNC(=O)c1sc(NC2CCN(C)C2)c(C2CC2)c1N. The van der Waals surface area contributed by atoms with Crippen molar-refractivity contribution in [2.24, 2.45) is 0 Å². The van der Waals surface area contributed by atoms with Gasteiger partial charge in [0, 0.05) is 24.7 Å². The van der Waals surface area contributed by atoms with Gasteiger partial charge in [0.2, 0.25) is 0 Å². The number of carbonyl (C=O) groups excluding carboxylic acids is 1. The van der Waals surface area contributed by atoms with Crippen LogP contribution in [-0.4, -0.2) is 43.5 Å². The molecule has 0 bridgehead atoms. The summed E-state index contributed by atoms with van der Waals surface area (Å²) in [6.45, 7) is 4.74. The third-order valence-corrected chi connectivity index (χ3v) is 5.39. The van der Waals surface area contributed by atoms with Gasteiger partial charge in [-0.15, -0.1) is 11.3 Å². The summed E-state index contributed by atoms with van der Waals surface area (Å²) in [5, 5.41) is 7.62. The first-order valence-electron chi connectivity index (χ1n) is 7.75. The molecule has 0 radical (unpaired) electrons. The van der Waals surface area contributed by atoms with E-state index in [1.807, 2.05) is 6.92 Å². The van der Waals surface area contributed by atoms with Crippen LogP contribution in [0.2, 0.25) is 0 Å². The summed E-state index contributed by atoms with van der Waals surface area (Å²) >= 11 is 1.52. The number of nitrogens with one attached hydrogen (secondary N) is 2. The van der Waals surface area contributed by atoms with Crippen LogP contribution in [0.15, 0.2) is 0 Å². The average molecular weight is 308 g/mol. The molecule has 21 heavy (non-hydrogen) atoms. The molecule has 1 saturated heterocycles. The molecule has 6 heteroatoms. The van der Waals surface area contributed by atoms with Crippen molar-refractivity contribution in [3.63, 3.8) is 0 Å². The van der Waals surface area contributed by atoms with Gasteiger partial charge in [-0.05, 0) is 45.7 Å². The summed E-state index contributed by atoms with van der Waals surface area (Å²) in [7, 11) is 2.15. The number of amides is 1. The Morgan fingerprint density at radius 2 is 2.19 bits per heavy atom. The molecule has 1 aliphatic heterocycles. The van der Waals surface area contributed by atoms with E-state index in [2.05, 4.69) is 22.6 Å². The van der Waals surface area contributed by atoms with Crippen molar-refractivity contribution in [3.05, 3.63) is 10.4 Å². The second-order valence-corrected chi connectivity index (χ2v) is 7.13. The van der Waals surface area contributed by atoms with Crippen LogP contribution in [0, 0.1) is 0 Å². The van der Waals surface area contributed by atoms with Crippen LogP contribution in [0.5, 0.6) is 0 Å². The summed E-state index contributed by atoms with van der Waals surface area (Å²) in [4.78, 5) is 15.1. The number of anilines is 2. The zero-order valence-electron chi connectivity index (χ0n) is 12.7. The van der Waals surface area contributed by atoms with E-state index < -0.39 is 0 Å². The second kappa shape index (κ2) is 5.85. The molecule has 5 nitrogen and oxygen atoms in total. The minimum Gasteiger partial charge on any atom is -0.397 e. The van der Waals surface area contributed by atoms with Gasteiger partial charge in [-0.25, -0.2) is 0 Å². The summed E-state index contributed by atoms with van der Waals surface area (Å²) in [5.74, 6) is 0.504. The largest absolute Gasteiger partial charge is 0.397 e. The predicted octanol–water partition coefficient (Wildman–Crippen LogP) is 2.07. The fraction of sp³-hybridized carbons (Fsp3) is 0.667. The zero-order valence-corrected chi connectivity index (χ0v) is 13.6. The van der Waals surface area contributed by atoms with Crippen LogP contribution in [0.1, 0.15) is 47.3 Å². The van der Waals surface area contributed by atoms with Gasteiger partial charge in [0.1, 0.15) is 4.88 Å². The normalized spacial score (nSPS) is 22.5. The molecular weight excluding hydrogens is 284 g/mol. The molecule has 2 fully saturated rings. The molecule has 116 valence electrons. The summed E-state index contributed by atoms with van der Waals surface area (Å²) in [6, 6.07) is 0.465. The molecule has 2 heterocycles. The standard InChI is InChI=1S/C15H24N4OS/c1-3-17-14(20)13-12(16)11(9-4-5-9)15(21-13)18-10-6-7-19(2)8-10/h9-10,18H,3-8,16H2,1-2H3,(H,17,20). The average Bonchev–Trinajstić information content (AvgIpc) is 3.11. The van der Waals surface area contributed by atoms with Crippen LogP contribution in [0.25, 0.3) is 0 Å². The highest BCUT2D eigenvalue weighted by atomic mass is 32.1. The molecule has 2 aliphatic rings. The third kappa shape index (κ3) is 3.01. The molecule has 1 amide bonds. The number of nitrogens with two attached hydrogens (primary N) is 1. The topological polar surface area (TPSA) is 70.4 Å². The van der Waals surface area contributed by atoms with E-state index in [0.717, 1.165) is 24.5 Å². The first-order valence-corrected chi connectivity index (χ1v) is 8.57. The van der Waals surface area contributed by atoms with E-state index >= 15 is 0 Å². The Balaban J connectivity index is 1.84. The van der Waals surface area contributed by atoms with Gasteiger partial charge >= 0.3 is 0 Å². The fourth-order valence-electron chi connectivity index (χ4n) is 2.99. The van der Waals surface area contributed by atoms with Crippen molar-refractivity contribution in [3.8, 4) is 0 Å². The Hall–Kier alpha value is -1.27. The van der Waals surface area contributed by atoms with Crippen molar-refractivity contribution in [2.75, 3.05) is 37.7 Å². The number of likely N-dealkylation sites (N-methyl/N-ethyl adjacent to an activating group) is 1. The highest BCUT2D eigenvalue weighted by Gasteiger charge is 2.34.